The maximum atomic E-state index is 13.2. The Balaban J connectivity index is 2.89. The van der Waals surface area contributed by atoms with Gasteiger partial charge in [-0.2, -0.15) is 0 Å². The number of esters is 1. The molecule has 88 valence electrons. The van der Waals surface area contributed by atoms with E-state index in [0.29, 0.717) is 6.07 Å². The highest BCUT2D eigenvalue weighted by Crippen LogP contribution is 2.20. The fourth-order valence-corrected chi connectivity index (χ4v) is 1.21. The molecule has 0 saturated heterocycles. The van der Waals surface area contributed by atoms with E-state index in [-0.39, 0.29) is 12.0 Å². The van der Waals surface area contributed by atoms with E-state index in [2.05, 4.69) is 4.74 Å². The summed E-state index contributed by atoms with van der Waals surface area (Å²) in [7, 11) is 1.15. The van der Waals surface area contributed by atoms with Gasteiger partial charge >= 0.3 is 5.97 Å². The Bertz CT molecular complexity index is 409. The van der Waals surface area contributed by atoms with Gasteiger partial charge < -0.3 is 15.6 Å². The van der Waals surface area contributed by atoms with E-state index in [1.165, 1.54) is 0 Å². The first-order chi connectivity index (χ1) is 7.45. The van der Waals surface area contributed by atoms with Gasteiger partial charge in [-0.15, -0.1) is 0 Å². The zero-order chi connectivity index (χ0) is 12.3. The second-order valence-electron chi connectivity index (χ2n) is 3.23. The summed E-state index contributed by atoms with van der Waals surface area (Å²) in [6, 6.07) is 0.366. The number of carbonyl (C=O) groups is 1. The number of phenols is 1. The predicted molar refractivity (Wildman–Crippen MR) is 51.7 cm³/mol. The minimum absolute atomic E-state index is 0.0896. The van der Waals surface area contributed by atoms with Crippen molar-refractivity contribution in [1.82, 2.24) is 0 Å². The van der Waals surface area contributed by atoms with Gasteiger partial charge in [0.2, 0.25) is 0 Å². The third-order valence-electron chi connectivity index (χ3n) is 2.06. The van der Waals surface area contributed by atoms with Gasteiger partial charge in [-0.05, 0) is 11.6 Å². The molecule has 16 heavy (non-hydrogen) atoms. The van der Waals surface area contributed by atoms with E-state index < -0.39 is 29.4 Å². The summed E-state index contributed by atoms with van der Waals surface area (Å²) in [4.78, 5) is 11.0. The lowest BCUT2D eigenvalue weighted by atomic mass is 10.1. The molecule has 4 nitrogen and oxygen atoms in total. The van der Waals surface area contributed by atoms with Crippen molar-refractivity contribution in [2.24, 2.45) is 5.73 Å². The molecule has 0 aliphatic heterocycles. The number of methoxy groups -OCH3 is 1. The summed E-state index contributed by atoms with van der Waals surface area (Å²) in [5.41, 5.74) is 5.30. The first-order valence-electron chi connectivity index (χ1n) is 4.46. The highest BCUT2D eigenvalue weighted by atomic mass is 19.1. The average molecular weight is 231 g/mol. The molecule has 0 fully saturated rings. The molecule has 0 aliphatic carbocycles. The van der Waals surface area contributed by atoms with Crippen molar-refractivity contribution in [1.29, 1.82) is 0 Å². The van der Waals surface area contributed by atoms with Crippen molar-refractivity contribution in [2.75, 3.05) is 7.11 Å². The summed E-state index contributed by atoms with van der Waals surface area (Å²) in [6.07, 6.45) is -0.199. The fourth-order valence-electron chi connectivity index (χ4n) is 1.21. The Hall–Kier alpha value is -1.69. The fraction of sp³-hybridized carbons (Fsp3) is 0.300. The van der Waals surface area contributed by atoms with Crippen LogP contribution in [0.4, 0.5) is 8.78 Å². The molecule has 0 aromatic heterocycles. The van der Waals surface area contributed by atoms with E-state index in [0.717, 1.165) is 13.2 Å². The van der Waals surface area contributed by atoms with Crippen LogP contribution in [0.15, 0.2) is 12.1 Å². The van der Waals surface area contributed by atoms with Gasteiger partial charge in [-0.25, -0.2) is 8.78 Å². The Kier molecular flexibility index (Phi) is 3.78. The largest absolute Gasteiger partial charge is 0.505 e. The molecule has 0 bridgehead atoms. The molecule has 0 saturated carbocycles. The molecule has 0 radical (unpaired) electrons. The molecule has 0 spiro atoms. The van der Waals surface area contributed by atoms with E-state index in [1.807, 2.05) is 0 Å². The topological polar surface area (TPSA) is 72.5 Å². The molecule has 6 heteroatoms. The third kappa shape index (κ3) is 2.66. The van der Waals surface area contributed by atoms with Crippen LogP contribution >= 0.6 is 0 Å². The maximum absolute atomic E-state index is 13.2. The third-order valence-corrected chi connectivity index (χ3v) is 2.06. The molecular formula is C10H11F2NO3. The van der Waals surface area contributed by atoms with Crippen LogP contribution in [0.2, 0.25) is 0 Å². The lowest BCUT2D eigenvalue weighted by molar-refractivity contribution is -0.142. The van der Waals surface area contributed by atoms with Crippen LogP contribution in [-0.4, -0.2) is 24.2 Å². The second-order valence-corrected chi connectivity index (χ2v) is 3.23. The number of phenolic OH excluding ortho intramolecular Hbond substituents is 1. The van der Waals surface area contributed by atoms with Crippen LogP contribution in [0, 0.1) is 11.6 Å². The first-order valence-corrected chi connectivity index (χ1v) is 4.46. The molecule has 1 aromatic carbocycles. The normalized spacial score (nSPS) is 12.2. The molecule has 1 aromatic rings. The minimum atomic E-state index is -1.07. The number of nitrogens with two attached hydrogens (primary N) is 1. The highest BCUT2D eigenvalue weighted by Gasteiger charge is 2.18. The van der Waals surface area contributed by atoms with Crippen molar-refractivity contribution in [3.05, 3.63) is 29.3 Å². The van der Waals surface area contributed by atoms with Gasteiger partial charge in [-0.3, -0.25) is 4.79 Å². The van der Waals surface area contributed by atoms with Crippen molar-refractivity contribution < 1.29 is 23.4 Å². The quantitative estimate of drug-likeness (QED) is 0.751. The average Bonchev–Trinajstić information content (AvgIpc) is 2.24. The Morgan fingerprint density at radius 2 is 2.12 bits per heavy atom. The predicted octanol–water partition coefficient (Wildman–Crippen LogP) is 0.713. The second kappa shape index (κ2) is 4.89. The number of halogens is 2. The Labute approximate surface area is 90.6 Å². The van der Waals surface area contributed by atoms with Crippen molar-refractivity contribution in [2.45, 2.75) is 12.5 Å². The number of carbonyl (C=O) groups excluding carboxylic acids is 1. The van der Waals surface area contributed by atoms with Crippen LogP contribution < -0.4 is 5.73 Å². The molecule has 3 N–H and O–H groups in total. The molecule has 0 unspecified atom stereocenters. The molecule has 0 amide bonds. The number of benzene rings is 1. The van der Waals surface area contributed by atoms with Gasteiger partial charge in [0.05, 0.1) is 7.11 Å². The first kappa shape index (κ1) is 12.4. The zero-order valence-electron chi connectivity index (χ0n) is 8.54. The van der Waals surface area contributed by atoms with Gasteiger partial charge in [-0.1, -0.05) is 0 Å². The Morgan fingerprint density at radius 3 is 2.69 bits per heavy atom. The molecular weight excluding hydrogens is 220 g/mol. The van der Waals surface area contributed by atoms with Crippen LogP contribution in [0.25, 0.3) is 0 Å². The maximum Gasteiger partial charge on any atom is 0.322 e. The lowest BCUT2D eigenvalue weighted by Gasteiger charge is -2.10. The number of hydrogen-bond acceptors (Lipinski definition) is 4. The molecule has 0 aliphatic rings. The standard InChI is InChI=1S/C10H11F2NO3/c1-16-10(15)8(13)3-5-2-7(12)9(14)4-6(5)11/h2,4,8,14H,3,13H2,1H3/t8-/m1/s1. The van der Waals surface area contributed by atoms with Gasteiger partial charge in [0.15, 0.2) is 11.6 Å². The highest BCUT2D eigenvalue weighted by molar-refractivity contribution is 5.75. The lowest BCUT2D eigenvalue weighted by Crippen LogP contribution is -2.33. The summed E-state index contributed by atoms with van der Waals surface area (Å²) >= 11 is 0. The summed E-state index contributed by atoms with van der Waals surface area (Å²) in [5, 5.41) is 8.88. The van der Waals surface area contributed by atoms with Gasteiger partial charge in [0, 0.05) is 12.5 Å². The molecule has 0 heterocycles. The van der Waals surface area contributed by atoms with E-state index in [1.54, 1.807) is 0 Å². The van der Waals surface area contributed by atoms with E-state index in [9.17, 15) is 13.6 Å². The summed E-state index contributed by atoms with van der Waals surface area (Å²) in [6.45, 7) is 0. The number of rotatable bonds is 3. The van der Waals surface area contributed by atoms with Gasteiger partial charge in [0.1, 0.15) is 11.9 Å². The molecule has 1 atom stereocenters. The van der Waals surface area contributed by atoms with Crippen molar-refractivity contribution in [3.63, 3.8) is 0 Å². The van der Waals surface area contributed by atoms with E-state index >= 15 is 0 Å². The number of aromatic hydroxyl groups is 1. The van der Waals surface area contributed by atoms with Crippen LogP contribution in [-0.2, 0) is 16.0 Å². The number of hydrogen-bond donors (Lipinski definition) is 2. The summed E-state index contributed by atoms with van der Waals surface area (Å²) in [5.74, 6) is -3.28. The van der Waals surface area contributed by atoms with Crippen molar-refractivity contribution >= 4 is 5.97 Å². The van der Waals surface area contributed by atoms with Crippen LogP contribution in [0.5, 0.6) is 5.75 Å². The van der Waals surface area contributed by atoms with Crippen molar-refractivity contribution in [3.8, 4) is 5.75 Å². The Morgan fingerprint density at radius 1 is 1.50 bits per heavy atom. The zero-order valence-corrected chi connectivity index (χ0v) is 8.54. The monoisotopic (exact) mass is 231 g/mol. The van der Waals surface area contributed by atoms with Crippen LogP contribution in [0.1, 0.15) is 5.56 Å². The molecule has 1 rings (SSSR count). The van der Waals surface area contributed by atoms with E-state index in [4.69, 9.17) is 10.8 Å². The smallest absolute Gasteiger partial charge is 0.322 e. The summed E-state index contributed by atoms with van der Waals surface area (Å²) < 4.78 is 30.5. The number of ether oxygens (including phenoxy) is 1. The van der Waals surface area contributed by atoms with Gasteiger partial charge in [0.25, 0.3) is 0 Å². The van der Waals surface area contributed by atoms with Crippen LogP contribution in [0.3, 0.4) is 0 Å². The minimum Gasteiger partial charge on any atom is -0.505 e. The SMILES string of the molecule is COC(=O)[C@H](N)Cc1cc(F)c(O)cc1F.